The van der Waals surface area contributed by atoms with Crippen LogP contribution in [0.4, 0.5) is 11.4 Å². The molecule has 2 N–H and O–H groups in total. The number of nitrogens with one attached hydrogen (secondary N) is 2. The zero-order valence-corrected chi connectivity index (χ0v) is 8.62. The molecule has 1 aromatic carbocycles. The predicted octanol–water partition coefficient (Wildman–Crippen LogP) is 1.46. The van der Waals surface area contributed by atoms with Gasteiger partial charge in [0, 0.05) is 6.54 Å². The fourth-order valence-electron chi connectivity index (χ4n) is 1.60. The summed E-state index contributed by atoms with van der Waals surface area (Å²) in [4.78, 5) is 11.5. The Morgan fingerprint density at radius 2 is 2.20 bits per heavy atom. The first-order chi connectivity index (χ1) is 7.31. The summed E-state index contributed by atoms with van der Waals surface area (Å²) in [5, 5.41) is 6.33. The van der Waals surface area contributed by atoms with Crippen molar-refractivity contribution in [2.24, 2.45) is 0 Å². The topological polar surface area (TPSA) is 50.4 Å². The largest absolute Gasteiger partial charge is 0.464 e. The SMILES string of the molecule is CCOC(=O)C1CNc2ccccc2N1. The van der Waals surface area contributed by atoms with Crippen LogP contribution in [0.25, 0.3) is 0 Å². The van der Waals surface area contributed by atoms with E-state index < -0.39 is 0 Å². The third-order valence-electron chi connectivity index (χ3n) is 2.32. The Balaban J connectivity index is 2.08. The molecule has 1 aliphatic rings. The zero-order chi connectivity index (χ0) is 10.7. The summed E-state index contributed by atoms with van der Waals surface area (Å²) in [5.74, 6) is -0.209. The van der Waals surface area contributed by atoms with Gasteiger partial charge in [-0.2, -0.15) is 0 Å². The molecule has 1 aliphatic heterocycles. The van der Waals surface area contributed by atoms with Crippen molar-refractivity contribution in [1.82, 2.24) is 0 Å². The lowest BCUT2D eigenvalue weighted by molar-refractivity contribution is -0.143. The van der Waals surface area contributed by atoms with Crippen molar-refractivity contribution in [2.45, 2.75) is 13.0 Å². The summed E-state index contributed by atoms with van der Waals surface area (Å²) >= 11 is 0. The number of hydrogen-bond acceptors (Lipinski definition) is 4. The number of esters is 1. The number of carbonyl (C=O) groups is 1. The Morgan fingerprint density at radius 1 is 1.47 bits per heavy atom. The maximum absolute atomic E-state index is 11.5. The van der Waals surface area contributed by atoms with E-state index in [0.717, 1.165) is 11.4 Å². The molecule has 0 aromatic heterocycles. The van der Waals surface area contributed by atoms with Crippen molar-refractivity contribution >= 4 is 17.3 Å². The number of rotatable bonds is 2. The summed E-state index contributed by atoms with van der Waals surface area (Å²) in [6, 6.07) is 7.51. The molecule has 0 spiro atoms. The second-order valence-electron chi connectivity index (χ2n) is 3.38. The minimum atomic E-state index is -0.292. The van der Waals surface area contributed by atoms with E-state index >= 15 is 0 Å². The number of anilines is 2. The average Bonchev–Trinajstić information content (AvgIpc) is 2.29. The molecule has 1 aromatic rings. The quantitative estimate of drug-likeness (QED) is 0.719. The van der Waals surface area contributed by atoms with Crippen LogP contribution in [0.3, 0.4) is 0 Å². The Hall–Kier alpha value is -1.71. The number of ether oxygens (including phenoxy) is 1. The number of fused-ring (bicyclic) bond motifs is 1. The Morgan fingerprint density at radius 3 is 2.93 bits per heavy atom. The minimum Gasteiger partial charge on any atom is -0.464 e. The molecule has 0 bridgehead atoms. The van der Waals surface area contributed by atoms with Crippen LogP contribution in [0.2, 0.25) is 0 Å². The van der Waals surface area contributed by atoms with Gasteiger partial charge < -0.3 is 15.4 Å². The molecule has 0 radical (unpaired) electrons. The molecule has 0 saturated carbocycles. The van der Waals surface area contributed by atoms with Crippen molar-refractivity contribution in [3.05, 3.63) is 24.3 Å². The van der Waals surface area contributed by atoms with Gasteiger partial charge in [-0.05, 0) is 19.1 Å². The summed E-state index contributed by atoms with van der Waals surface area (Å²) in [6.07, 6.45) is 0. The van der Waals surface area contributed by atoms with Crippen LogP contribution in [-0.2, 0) is 9.53 Å². The lowest BCUT2D eigenvalue weighted by Gasteiger charge is -2.26. The van der Waals surface area contributed by atoms with E-state index in [-0.39, 0.29) is 12.0 Å². The molecule has 15 heavy (non-hydrogen) atoms. The molecule has 0 aliphatic carbocycles. The summed E-state index contributed by atoms with van der Waals surface area (Å²) in [7, 11) is 0. The minimum absolute atomic E-state index is 0.209. The van der Waals surface area contributed by atoms with Crippen molar-refractivity contribution in [3.8, 4) is 0 Å². The van der Waals surface area contributed by atoms with Gasteiger partial charge >= 0.3 is 5.97 Å². The highest BCUT2D eigenvalue weighted by Crippen LogP contribution is 2.25. The highest BCUT2D eigenvalue weighted by atomic mass is 16.5. The van der Waals surface area contributed by atoms with Crippen LogP contribution in [0.15, 0.2) is 24.3 Å². The monoisotopic (exact) mass is 206 g/mol. The summed E-state index contributed by atoms with van der Waals surface area (Å²) in [5.41, 5.74) is 1.97. The van der Waals surface area contributed by atoms with E-state index in [1.165, 1.54) is 0 Å². The van der Waals surface area contributed by atoms with E-state index in [1.807, 2.05) is 31.2 Å². The van der Waals surface area contributed by atoms with Gasteiger partial charge in [0.15, 0.2) is 0 Å². The first-order valence-electron chi connectivity index (χ1n) is 5.07. The Kier molecular flexibility index (Phi) is 2.76. The fraction of sp³-hybridized carbons (Fsp3) is 0.364. The third-order valence-corrected chi connectivity index (χ3v) is 2.32. The van der Waals surface area contributed by atoms with Gasteiger partial charge in [0.2, 0.25) is 0 Å². The molecule has 1 unspecified atom stereocenters. The lowest BCUT2D eigenvalue weighted by atomic mass is 10.1. The van der Waals surface area contributed by atoms with Gasteiger partial charge in [-0.15, -0.1) is 0 Å². The second kappa shape index (κ2) is 4.21. The summed E-state index contributed by atoms with van der Waals surface area (Å²) in [6.45, 7) is 2.79. The van der Waals surface area contributed by atoms with Crippen LogP contribution < -0.4 is 10.6 Å². The van der Waals surface area contributed by atoms with E-state index in [1.54, 1.807) is 0 Å². The standard InChI is InChI=1S/C11H14N2O2/c1-2-15-11(14)10-7-12-8-5-3-4-6-9(8)13-10/h3-6,10,12-13H,2,7H2,1H3. The molecule has 1 atom stereocenters. The fourth-order valence-corrected chi connectivity index (χ4v) is 1.60. The van der Waals surface area contributed by atoms with E-state index in [4.69, 9.17) is 4.74 Å². The number of benzene rings is 1. The molecule has 1 heterocycles. The van der Waals surface area contributed by atoms with Crippen LogP contribution in [0.1, 0.15) is 6.92 Å². The van der Waals surface area contributed by atoms with Crippen LogP contribution in [0, 0.1) is 0 Å². The van der Waals surface area contributed by atoms with Crippen LogP contribution in [-0.4, -0.2) is 25.2 Å². The van der Waals surface area contributed by atoms with Crippen molar-refractivity contribution in [3.63, 3.8) is 0 Å². The number of carbonyl (C=O) groups excluding carboxylic acids is 1. The highest BCUT2D eigenvalue weighted by Gasteiger charge is 2.23. The van der Waals surface area contributed by atoms with Gasteiger partial charge in [-0.25, -0.2) is 4.79 Å². The summed E-state index contributed by atoms with van der Waals surface area (Å²) < 4.78 is 4.95. The van der Waals surface area contributed by atoms with Crippen molar-refractivity contribution in [1.29, 1.82) is 0 Å². The Bertz CT molecular complexity index is 365. The molecule has 2 rings (SSSR count). The first kappa shape index (κ1) is 9.83. The number of para-hydroxylation sites is 2. The number of hydrogen-bond donors (Lipinski definition) is 2. The maximum atomic E-state index is 11.5. The van der Waals surface area contributed by atoms with Gasteiger partial charge in [0.25, 0.3) is 0 Å². The van der Waals surface area contributed by atoms with E-state index in [0.29, 0.717) is 13.2 Å². The molecule has 4 nitrogen and oxygen atoms in total. The molecular formula is C11H14N2O2. The van der Waals surface area contributed by atoms with E-state index in [2.05, 4.69) is 10.6 Å². The van der Waals surface area contributed by atoms with Gasteiger partial charge in [-0.3, -0.25) is 0 Å². The molecule has 4 heteroatoms. The van der Waals surface area contributed by atoms with Gasteiger partial charge in [0.1, 0.15) is 6.04 Å². The van der Waals surface area contributed by atoms with E-state index in [9.17, 15) is 4.79 Å². The maximum Gasteiger partial charge on any atom is 0.330 e. The predicted molar refractivity (Wildman–Crippen MR) is 59.0 cm³/mol. The van der Waals surface area contributed by atoms with Crippen molar-refractivity contribution in [2.75, 3.05) is 23.8 Å². The third kappa shape index (κ3) is 2.03. The molecule has 0 amide bonds. The van der Waals surface area contributed by atoms with Crippen molar-refractivity contribution < 1.29 is 9.53 Å². The lowest BCUT2D eigenvalue weighted by Crippen LogP contribution is -2.40. The normalized spacial score (nSPS) is 18.3. The Labute approximate surface area is 88.6 Å². The molecule has 0 saturated heterocycles. The second-order valence-corrected chi connectivity index (χ2v) is 3.38. The smallest absolute Gasteiger partial charge is 0.330 e. The zero-order valence-electron chi connectivity index (χ0n) is 8.62. The molecule has 80 valence electrons. The van der Waals surface area contributed by atoms with Gasteiger partial charge in [0.05, 0.1) is 18.0 Å². The van der Waals surface area contributed by atoms with Crippen LogP contribution in [0.5, 0.6) is 0 Å². The average molecular weight is 206 g/mol. The van der Waals surface area contributed by atoms with Crippen LogP contribution >= 0.6 is 0 Å². The molecule has 0 fully saturated rings. The van der Waals surface area contributed by atoms with Gasteiger partial charge in [-0.1, -0.05) is 12.1 Å². The first-order valence-corrected chi connectivity index (χ1v) is 5.07. The molecular weight excluding hydrogens is 192 g/mol. The highest BCUT2D eigenvalue weighted by molar-refractivity contribution is 5.84.